The maximum absolute atomic E-state index is 12.8. The molecule has 0 saturated heterocycles. The van der Waals surface area contributed by atoms with Gasteiger partial charge in [0.05, 0.1) is 6.04 Å². The molecule has 0 fully saturated rings. The summed E-state index contributed by atoms with van der Waals surface area (Å²) in [4.78, 5) is 64.2. The number of guanidine groups is 1. The van der Waals surface area contributed by atoms with Gasteiger partial charge in [0.15, 0.2) is 5.96 Å². The van der Waals surface area contributed by atoms with E-state index in [0.29, 0.717) is 12.2 Å². The Hall–Kier alpha value is -2.72. The van der Waals surface area contributed by atoms with Gasteiger partial charge in [-0.1, -0.05) is 0 Å². The Morgan fingerprint density at radius 2 is 1.49 bits per heavy atom. The number of hydrogen-bond donors (Lipinski definition) is 9. The van der Waals surface area contributed by atoms with Crippen LogP contribution in [0.15, 0.2) is 4.99 Å². The normalized spacial score (nSPS) is 14.0. The lowest BCUT2D eigenvalue weighted by atomic mass is 10.1. The summed E-state index contributed by atoms with van der Waals surface area (Å²) < 4.78 is 0. The van der Waals surface area contributed by atoms with Gasteiger partial charge in [0.1, 0.15) is 18.1 Å². The quantitative estimate of drug-likeness (QED) is 0.0368. The number of carbonyl (C=O) groups excluding carboxylic acids is 4. The molecule has 0 aliphatic rings. The van der Waals surface area contributed by atoms with Crippen LogP contribution in [0.25, 0.3) is 0 Å². The molecule has 4 atom stereocenters. The number of carboxylic acids is 1. The highest BCUT2D eigenvalue weighted by atomic mass is 32.2. The van der Waals surface area contributed by atoms with E-state index in [4.69, 9.17) is 22.9 Å². The molecule has 4 unspecified atom stereocenters. The minimum Gasteiger partial charge on any atom is -0.480 e. The molecule has 200 valence electrons. The van der Waals surface area contributed by atoms with E-state index in [2.05, 4.69) is 33.6 Å². The zero-order chi connectivity index (χ0) is 27.0. The van der Waals surface area contributed by atoms with Crippen LogP contribution in [0.4, 0.5) is 0 Å². The summed E-state index contributed by atoms with van der Waals surface area (Å²) >= 11 is 5.56. The Kier molecular flexibility index (Phi) is 16.3. The third-order valence-electron chi connectivity index (χ3n) is 4.66. The fourth-order valence-electron chi connectivity index (χ4n) is 2.71. The number of nitrogens with zero attached hydrogens (tertiary/aromatic N) is 1. The summed E-state index contributed by atoms with van der Waals surface area (Å²) in [6.07, 6.45) is 2.23. The number of nitrogens with one attached hydrogen (secondary N) is 3. The number of nitrogens with two attached hydrogens (primary N) is 4. The van der Waals surface area contributed by atoms with Crippen molar-refractivity contribution >= 4 is 59.9 Å². The van der Waals surface area contributed by atoms with Crippen molar-refractivity contribution in [3.05, 3.63) is 0 Å². The Balaban J connectivity index is 5.22. The molecular formula is C19H36N8O6S2. The first kappa shape index (κ1) is 32.3. The van der Waals surface area contributed by atoms with Crippen LogP contribution < -0.4 is 38.9 Å². The highest BCUT2D eigenvalue weighted by Gasteiger charge is 2.29. The van der Waals surface area contributed by atoms with Gasteiger partial charge in [-0.25, -0.2) is 4.79 Å². The van der Waals surface area contributed by atoms with E-state index in [9.17, 15) is 29.1 Å². The number of thioether (sulfide) groups is 1. The number of aliphatic imine (C=N–C) groups is 1. The Morgan fingerprint density at radius 1 is 0.914 bits per heavy atom. The number of aliphatic carboxylic acids is 1. The molecule has 0 saturated carbocycles. The number of amides is 4. The predicted octanol–water partition coefficient (Wildman–Crippen LogP) is -3.15. The van der Waals surface area contributed by atoms with Gasteiger partial charge in [0, 0.05) is 18.7 Å². The van der Waals surface area contributed by atoms with Crippen LogP contribution in [0.3, 0.4) is 0 Å². The fraction of sp³-hybridized carbons (Fsp3) is 0.684. The van der Waals surface area contributed by atoms with Gasteiger partial charge in [0.2, 0.25) is 23.6 Å². The van der Waals surface area contributed by atoms with Crippen molar-refractivity contribution in [3.63, 3.8) is 0 Å². The highest BCUT2D eigenvalue weighted by Crippen LogP contribution is 2.04. The van der Waals surface area contributed by atoms with Crippen LogP contribution in [-0.4, -0.2) is 89.1 Å². The number of carboxylic acid groups (broad SMARTS) is 1. The standard InChI is InChI=1S/C19H36N8O6S2/c1-35-8-6-10(20)15(29)25-11(4-5-14(21)28)16(30)27-13(9-34)17(31)26-12(18(32)33)3-2-7-24-19(22)23/h10-13,34H,2-9,20H2,1H3,(H2,21,28)(H,25,29)(H,26,31)(H,27,30)(H,32,33)(H4,22,23,24). The Bertz CT molecular complexity index is 766. The number of rotatable bonds is 18. The molecule has 16 heteroatoms. The molecule has 0 aromatic rings. The molecule has 0 radical (unpaired) electrons. The van der Waals surface area contributed by atoms with Crippen LogP contribution in [0.2, 0.25) is 0 Å². The van der Waals surface area contributed by atoms with Crippen molar-refractivity contribution in [2.45, 2.75) is 56.3 Å². The van der Waals surface area contributed by atoms with Gasteiger partial charge in [-0.2, -0.15) is 24.4 Å². The highest BCUT2D eigenvalue weighted by molar-refractivity contribution is 7.98. The smallest absolute Gasteiger partial charge is 0.326 e. The molecule has 0 aromatic carbocycles. The molecule has 0 aliphatic carbocycles. The average Bonchev–Trinajstić information content (AvgIpc) is 2.79. The van der Waals surface area contributed by atoms with E-state index in [-0.39, 0.29) is 43.9 Å². The van der Waals surface area contributed by atoms with Gasteiger partial charge in [-0.3, -0.25) is 24.2 Å². The lowest BCUT2D eigenvalue weighted by Gasteiger charge is -2.24. The molecule has 0 aliphatic heterocycles. The minimum atomic E-state index is -1.28. The molecule has 35 heavy (non-hydrogen) atoms. The first-order valence-electron chi connectivity index (χ1n) is 10.8. The van der Waals surface area contributed by atoms with E-state index in [1.807, 2.05) is 6.26 Å². The SMILES string of the molecule is CSCCC(N)C(=O)NC(CCC(N)=O)C(=O)NC(CS)C(=O)NC(CCCN=C(N)N)C(=O)O. The Labute approximate surface area is 213 Å². The number of carbonyl (C=O) groups is 5. The van der Waals surface area contributed by atoms with E-state index in [1.165, 1.54) is 11.8 Å². The third kappa shape index (κ3) is 14.3. The lowest BCUT2D eigenvalue weighted by molar-refractivity contribution is -0.142. The monoisotopic (exact) mass is 536 g/mol. The molecule has 12 N–H and O–H groups in total. The summed E-state index contributed by atoms with van der Waals surface area (Å²) in [5, 5.41) is 16.6. The summed E-state index contributed by atoms with van der Waals surface area (Å²) in [5.41, 5.74) is 21.4. The van der Waals surface area contributed by atoms with Gasteiger partial charge in [-0.15, -0.1) is 0 Å². The molecule has 0 rings (SSSR count). The van der Waals surface area contributed by atoms with Gasteiger partial charge in [-0.05, 0) is 37.7 Å². The van der Waals surface area contributed by atoms with Crippen molar-refractivity contribution in [1.29, 1.82) is 0 Å². The zero-order valence-electron chi connectivity index (χ0n) is 19.6. The van der Waals surface area contributed by atoms with Crippen LogP contribution >= 0.6 is 24.4 Å². The predicted molar refractivity (Wildman–Crippen MR) is 137 cm³/mol. The number of thiol groups is 1. The third-order valence-corrected chi connectivity index (χ3v) is 5.67. The van der Waals surface area contributed by atoms with Crippen LogP contribution in [-0.2, 0) is 24.0 Å². The molecule has 0 aromatic heterocycles. The molecule has 14 nitrogen and oxygen atoms in total. The first-order valence-corrected chi connectivity index (χ1v) is 12.8. The van der Waals surface area contributed by atoms with E-state index in [0.717, 1.165) is 0 Å². The first-order chi connectivity index (χ1) is 16.4. The second-order valence-electron chi connectivity index (χ2n) is 7.55. The lowest BCUT2D eigenvalue weighted by Crippen LogP contribution is -2.57. The minimum absolute atomic E-state index is 0.0380. The van der Waals surface area contributed by atoms with Crippen LogP contribution in [0.5, 0.6) is 0 Å². The van der Waals surface area contributed by atoms with Crippen molar-refractivity contribution in [2.24, 2.45) is 27.9 Å². The Morgan fingerprint density at radius 3 is 2.00 bits per heavy atom. The molecule has 0 spiro atoms. The number of hydrogen-bond acceptors (Lipinski definition) is 9. The molecule has 0 heterocycles. The maximum atomic E-state index is 12.8. The van der Waals surface area contributed by atoms with Crippen molar-refractivity contribution in [1.82, 2.24) is 16.0 Å². The van der Waals surface area contributed by atoms with Crippen LogP contribution in [0, 0.1) is 0 Å². The van der Waals surface area contributed by atoms with E-state index >= 15 is 0 Å². The topological polar surface area (TPSA) is 258 Å². The van der Waals surface area contributed by atoms with E-state index < -0.39 is 53.8 Å². The van der Waals surface area contributed by atoms with Gasteiger partial charge in [0.25, 0.3) is 0 Å². The largest absolute Gasteiger partial charge is 0.480 e. The van der Waals surface area contributed by atoms with E-state index in [1.54, 1.807) is 0 Å². The fourth-order valence-corrected chi connectivity index (χ4v) is 3.46. The number of primary amides is 1. The summed E-state index contributed by atoms with van der Waals surface area (Å²) in [7, 11) is 0. The molecule has 4 amide bonds. The second kappa shape index (κ2) is 17.7. The molecular weight excluding hydrogens is 500 g/mol. The van der Waals surface area contributed by atoms with Crippen LogP contribution in [0.1, 0.15) is 32.1 Å². The van der Waals surface area contributed by atoms with Gasteiger partial charge < -0.3 is 44.0 Å². The average molecular weight is 537 g/mol. The summed E-state index contributed by atoms with van der Waals surface area (Å²) in [6, 6.07) is -4.54. The van der Waals surface area contributed by atoms with Gasteiger partial charge >= 0.3 is 5.97 Å². The summed E-state index contributed by atoms with van der Waals surface area (Å²) in [5.74, 6) is -3.79. The summed E-state index contributed by atoms with van der Waals surface area (Å²) in [6.45, 7) is 0.176. The van der Waals surface area contributed by atoms with Crippen molar-refractivity contribution < 1.29 is 29.1 Å². The second-order valence-corrected chi connectivity index (χ2v) is 8.90. The van der Waals surface area contributed by atoms with Crippen molar-refractivity contribution in [2.75, 3.05) is 24.3 Å². The zero-order valence-corrected chi connectivity index (χ0v) is 21.3. The maximum Gasteiger partial charge on any atom is 0.326 e. The molecule has 0 bridgehead atoms. The van der Waals surface area contributed by atoms with Crippen molar-refractivity contribution in [3.8, 4) is 0 Å².